The lowest BCUT2D eigenvalue weighted by molar-refractivity contribution is -0.384. The highest BCUT2D eigenvalue weighted by atomic mass is 16.6. The predicted molar refractivity (Wildman–Crippen MR) is 101 cm³/mol. The van der Waals surface area contributed by atoms with Crippen LogP contribution in [0.1, 0.15) is 10.4 Å². The van der Waals surface area contributed by atoms with Crippen molar-refractivity contribution in [3.8, 4) is 11.1 Å². The van der Waals surface area contributed by atoms with Crippen LogP contribution in [0.3, 0.4) is 0 Å². The summed E-state index contributed by atoms with van der Waals surface area (Å²) in [7, 11) is 1.51. The Balaban J connectivity index is 2.12. The number of hydrogen-bond acceptors (Lipinski definition) is 4. The summed E-state index contributed by atoms with van der Waals surface area (Å²) in [6.07, 6.45) is 0. The minimum atomic E-state index is -1.03. The van der Waals surface area contributed by atoms with Crippen molar-refractivity contribution in [1.29, 1.82) is 0 Å². The largest absolute Gasteiger partial charge is 0.478 e. The number of aromatic carboxylic acids is 1. The van der Waals surface area contributed by atoms with E-state index < -0.39 is 10.9 Å². The molecule has 0 spiro atoms. The van der Waals surface area contributed by atoms with E-state index in [2.05, 4.69) is 0 Å². The summed E-state index contributed by atoms with van der Waals surface area (Å²) < 4.78 is 1.59. The molecule has 0 saturated carbocycles. The molecule has 7 nitrogen and oxygen atoms in total. The number of carboxylic acid groups (broad SMARTS) is 1. The zero-order chi connectivity index (χ0) is 19.1. The lowest BCUT2D eigenvalue weighted by Crippen LogP contribution is -2.06. The maximum Gasteiger partial charge on any atom is 0.336 e. The number of carbonyl (C=O) groups is 1. The van der Waals surface area contributed by atoms with Gasteiger partial charge in [-0.05, 0) is 29.8 Å². The second-order valence-electron chi connectivity index (χ2n) is 5.99. The van der Waals surface area contributed by atoms with E-state index in [1.165, 1.54) is 19.2 Å². The maximum absolute atomic E-state index is 11.8. The molecule has 0 unspecified atom stereocenters. The van der Waals surface area contributed by atoms with Gasteiger partial charge in [-0.2, -0.15) is 4.73 Å². The first-order chi connectivity index (χ1) is 13.0. The van der Waals surface area contributed by atoms with Crippen LogP contribution in [0, 0.1) is 10.1 Å². The van der Waals surface area contributed by atoms with E-state index in [1.54, 1.807) is 29.0 Å². The third kappa shape index (κ3) is 2.48. The number of nitro groups is 1. The summed E-state index contributed by atoms with van der Waals surface area (Å²) >= 11 is 0. The van der Waals surface area contributed by atoms with Crippen LogP contribution < -0.4 is 4.84 Å². The number of para-hydroxylation sites is 1. The number of carboxylic acids is 1. The molecular formula is C20H14N2O5. The molecule has 7 heteroatoms. The molecule has 4 rings (SSSR count). The van der Waals surface area contributed by atoms with Crippen LogP contribution in [0.15, 0.2) is 60.7 Å². The van der Waals surface area contributed by atoms with Gasteiger partial charge in [-0.3, -0.25) is 10.1 Å². The smallest absolute Gasteiger partial charge is 0.336 e. The predicted octanol–water partition coefficient (Wildman–Crippen LogP) is 4.13. The average Bonchev–Trinajstić information content (AvgIpc) is 3.01. The average molecular weight is 362 g/mol. The van der Waals surface area contributed by atoms with Gasteiger partial charge in [-0.1, -0.05) is 24.3 Å². The Labute approximate surface area is 153 Å². The molecule has 134 valence electrons. The van der Waals surface area contributed by atoms with Crippen molar-refractivity contribution in [2.75, 3.05) is 7.11 Å². The fourth-order valence-corrected chi connectivity index (χ4v) is 3.42. The van der Waals surface area contributed by atoms with E-state index >= 15 is 0 Å². The molecule has 4 aromatic rings. The van der Waals surface area contributed by atoms with Crippen LogP contribution >= 0.6 is 0 Å². The lowest BCUT2D eigenvalue weighted by atomic mass is 9.98. The van der Waals surface area contributed by atoms with Gasteiger partial charge in [0.05, 0.1) is 21.5 Å². The standard InChI is InChI=1S/C20H14N2O5/c1-27-21-17-5-3-2-4-15(17)18-16(20(23)24)11-10-14(19(18)21)12-6-8-13(9-7-12)22(25)26/h2-11H,1H3,(H,23,24). The van der Waals surface area contributed by atoms with E-state index in [9.17, 15) is 20.0 Å². The number of benzene rings is 3. The van der Waals surface area contributed by atoms with Crippen LogP contribution in [-0.4, -0.2) is 27.8 Å². The monoisotopic (exact) mass is 362 g/mol. The molecule has 1 N–H and O–H groups in total. The number of rotatable bonds is 4. The second kappa shape index (κ2) is 6.14. The Hall–Kier alpha value is -3.87. The highest BCUT2D eigenvalue weighted by Crippen LogP contribution is 2.38. The zero-order valence-corrected chi connectivity index (χ0v) is 14.2. The van der Waals surface area contributed by atoms with E-state index in [4.69, 9.17) is 4.84 Å². The number of hydrogen-bond donors (Lipinski definition) is 1. The topological polar surface area (TPSA) is 94.6 Å². The molecule has 3 aromatic carbocycles. The summed E-state index contributed by atoms with van der Waals surface area (Å²) in [5.74, 6) is -1.03. The Morgan fingerprint density at radius 3 is 2.41 bits per heavy atom. The Kier molecular flexibility index (Phi) is 3.77. The van der Waals surface area contributed by atoms with Crippen LogP contribution in [0.5, 0.6) is 0 Å². The van der Waals surface area contributed by atoms with Crippen molar-refractivity contribution >= 4 is 33.5 Å². The van der Waals surface area contributed by atoms with Crippen LogP contribution in [0.25, 0.3) is 32.9 Å². The van der Waals surface area contributed by atoms with E-state index in [0.29, 0.717) is 10.9 Å². The van der Waals surface area contributed by atoms with E-state index in [1.807, 2.05) is 24.3 Å². The second-order valence-corrected chi connectivity index (χ2v) is 5.99. The number of fused-ring (bicyclic) bond motifs is 3. The molecule has 0 saturated heterocycles. The third-order valence-electron chi connectivity index (χ3n) is 4.58. The first-order valence-corrected chi connectivity index (χ1v) is 8.11. The highest BCUT2D eigenvalue weighted by Gasteiger charge is 2.21. The van der Waals surface area contributed by atoms with Crippen LogP contribution in [0.4, 0.5) is 5.69 Å². The number of non-ortho nitro benzene ring substituents is 1. The number of nitrogens with zero attached hydrogens (tertiary/aromatic N) is 2. The fraction of sp³-hybridized carbons (Fsp3) is 0.0500. The summed E-state index contributed by atoms with van der Waals surface area (Å²) in [4.78, 5) is 27.8. The molecule has 0 aliphatic rings. The van der Waals surface area contributed by atoms with Crippen molar-refractivity contribution in [2.45, 2.75) is 0 Å². The lowest BCUT2D eigenvalue weighted by Gasteiger charge is -2.10. The SMILES string of the molecule is COn1c2ccccc2c2c(C(=O)O)ccc(-c3ccc([N+](=O)[O-])cc3)c21. The third-order valence-corrected chi connectivity index (χ3v) is 4.58. The summed E-state index contributed by atoms with van der Waals surface area (Å²) in [6, 6.07) is 16.8. The van der Waals surface area contributed by atoms with Crippen molar-refractivity contribution in [3.05, 3.63) is 76.3 Å². The molecule has 0 aliphatic carbocycles. The summed E-state index contributed by atoms with van der Waals surface area (Å²) in [5.41, 5.74) is 2.96. The van der Waals surface area contributed by atoms with Gasteiger partial charge in [0.25, 0.3) is 5.69 Å². The summed E-state index contributed by atoms with van der Waals surface area (Å²) in [5, 5.41) is 21.9. The van der Waals surface area contributed by atoms with Crippen LogP contribution in [-0.2, 0) is 0 Å². The van der Waals surface area contributed by atoms with Gasteiger partial charge in [0.15, 0.2) is 0 Å². The Bertz CT molecular complexity index is 1210. The molecule has 0 amide bonds. The molecular weight excluding hydrogens is 348 g/mol. The van der Waals surface area contributed by atoms with Gasteiger partial charge < -0.3 is 9.94 Å². The van der Waals surface area contributed by atoms with Crippen LogP contribution in [0.2, 0.25) is 0 Å². The zero-order valence-electron chi connectivity index (χ0n) is 14.2. The van der Waals surface area contributed by atoms with Crippen molar-refractivity contribution in [2.24, 2.45) is 0 Å². The molecule has 0 atom stereocenters. The maximum atomic E-state index is 11.8. The molecule has 0 radical (unpaired) electrons. The van der Waals surface area contributed by atoms with Crippen molar-refractivity contribution in [1.82, 2.24) is 4.73 Å². The molecule has 1 heterocycles. The van der Waals surface area contributed by atoms with Gasteiger partial charge in [0.2, 0.25) is 0 Å². The highest BCUT2D eigenvalue weighted by molar-refractivity contribution is 6.19. The normalized spacial score (nSPS) is 11.0. The fourth-order valence-electron chi connectivity index (χ4n) is 3.42. The molecule has 1 aromatic heterocycles. The first-order valence-electron chi connectivity index (χ1n) is 8.11. The van der Waals surface area contributed by atoms with E-state index in [-0.39, 0.29) is 11.3 Å². The molecule has 0 bridgehead atoms. The first kappa shape index (κ1) is 16.6. The van der Waals surface area contributed by atoms with Gasteiger partial charge in [-0.25, -0.2) is 4.79 Å². The van der Waals surface area contributed by atoms with Gasteiger partial charge in [-0.15, -0.1) is 0 Å². The quantitative estimate of drug-likeness (QED) is 0.435. The number of nitro benzene ring substituents is 1. The van der Waals surface area contributed by atoms with Gasteiger partial charge >= 0.3 is 5.97 Å². The minimum absolute atomic E-state index is 0.00978. The van der Waals surface area contributed by atoms with Gasteiger partial charge in [0.1, 0.15) is 7.11 Å². The molecule has 0 fully saturated rings. The summed E-state index contributed by atoms with van der Waals surface area (Å²) in [6.45, 7) is 0. The Morgan fingerprint density at radius 1 is 1.07 bits per heavy atom. The number of aromatic nitrogens is 1. The van der Waals surface area contributed by atoms with Gasteiger partial charge in [0, 0.05) is 28.5 Å². The van der Waals surface area contributed by atoms with Crippen molar-refractivity contribution in [3.63, 3.8) is 0 Å². The minimum Gasteiger partial charge on any atom is -0.478 e. The molecule has 27 heavy (non-hydrogen) atoms. The van der Waals surface area contributed by atoms with E-state index in [0.717, 1.165) is 22.0 Å². The Morgan fingerprint density at radius 2 is 1.78 bits per heavy atom. The molecule has 0 aliphatic heterocycles. The van der Waals surface area contributed by atoms with Crippen molar-refractivity contribution < 1.29 is 19.7 Å².